The fourth-order valence-electron chi connectivity index (χ4n) is 2.29. The van der Waals surface area contributed by atoms with Crippen LogP contribution in [-0.2, 0) is 6.42 Å². The topological polar surface area (TPSA) is 42.0 Å². The Morgan fingerprint density at radius 2 is 1.78 bits per heavy atom. The Hall–Kier alpha value is -2.46. The van der Waals surface area contributed by atoms with Crippen LogP contribution in [0.3, 0.4) is 0 Å². The second kappa shape index (κ2) is 6.75. The van der Waals surface area contributed by atoms with Crippen LogP contribution in [0.25, 0.3) is 11.3 Å². The molecule has 2 aromatic carbocycles. The van der Waals surface area contributed by atoms with Crippen molar-refractivity contribution in [1.29, 1.82) is 0 Å². The number of thiazole rings is 1. The molecule has 3 nitrogen and oxygen atoms in total. The Labute approximate surface area is 140 Å². The highest BCUT2D eigenvalue weighted by Gasteiger charge is 2.05. The third kappa shape index (κ3) is 3.66. The van der Waals surface area contributed by atoms with Crippen LogP contribution in [0.2, 0.25) is 0 Å². The summed E-state index contributed by atoms with van der Waals surface area (Å²) in [5.41, 5.74) is 5.07. The van der Waals surface area contributed by atoms with Crippen molar-refractivity contribution in [2.24, 2.45) is 0 Å². The first-order valence-electron chi connectivity index (χ1n) is 7.58. The Bertz CT molecular complexity index is 804. The summed E-state index contributed by atoms with van der Waals surface area (Å²) in [5.74, 6) is 0.0728. The first kappa shape index (κ1) is 15.4. The number of carbonyl (C=O) groups is 1. The molecule has 0 bridgehead atoms. The van der Waals surface area contributed by atoms with E-state index < -0.39 is 0 Å². The molecule has 0 spiro atoms. The molecule has 0 amide bonds. The second-order valence-corrected chi connectivity index (χ2v) is 6.21. The Kier molecular flexibility index (Phi) is 4.53. The highest BCUT2D eigenvalue weighted by Crippen LogP contribution is 2.27. The van der Waals surface area contributed by atoms with Crippen molar-refractivity contribution in [3.05, 3.63) is 65.0 Å². The number of anilines is 2. The van der Waals surface area contributed by atoms with Gasteiger partial charge in [-0.05, 0) is 43.2 Å². The van der Waals surface area contributed by atoms with Gasteiger partial charge in [0.2, 0.25) is 0 Å². The molecule has 0 saturated carbocycles. The number of ketones is 1. The van der Waals surface area contributed by atoms with Crippen LogP contribution < -0.4 is 5.32 Å². The minimum absolute atomic E-state index is 0.0728. The summed E-state index contributed by atoms with van der Waals surface area (Å²) < 4.78 is 0. The third-order valence-corrected chi connectivity index (χ3v) is 4.46. The van der Waals surface area contributed by atoms with Gasteiger partial charge in [-0.15, -0.1) is 11.3 Å². The fourth-order valence-corrected chi connectivity index (χ4v) is 3.03. The zero-order chi connectivity index (χ0) is 16.2. The molecule has 0 unspecified atom stereocenters. The van der Waals surface area contributed by atoms with E-state index in [1.165, 1.54) is 5.56 Å². The molecule has 23 heavy (non-hydrogen) atoms. The Balaban J connectivity index is 1.74. The summed E-state index contributed by atoms with van der Waals surface area (Å²) in [7, 11) is 0. The second-order valence-electron chi connectivity index (χ2n) is 5.35. The molecule has 0 radical (unpaired) electrons. The van der Waals surface area contributed by atoms with Gasteiger partial charge in [0, 0.05) is 22.2 Å². The molecule has 116 valence electrons. The number of aryl methyl sites for hydroxylation is 1. The molecular formula is C19H18N2OS. The normalized spacial score (nSPS) is 10.5. The van der Waals surface area contributed by atoms with Gasteiger partial charge in [0.1, 0.15) is 0 Å². The lowest BCUT2D eigenvalue weighted by Gasteiger charge is -2.03. The maximum atomic E-state index is 11.3. The highest BCUT2D eigenvalue weighted by molar-refractivity contribution is 7.14. The van der Waals surface area contributed by atoms with Crippen molar-refractivity contribution in [2.75, 3.05) is 5.32 Å². The van der Waals surface area contributed by atoms with E-state index in [2.05, 4.69) is 41.5 Å². The quantitative estimate of drug-likeness (QED) is 0.646. The standard InChI is InChI=1S/C19H18N2OS/c1-3-14-4-6-16(7-5-14)18-12-23-19(21-18)20-17-10-8-15(9-11-17)13(2)22/h4-12H,3H2,1-2H3,(H,20,21). The van der Waals surface area contributed by atoms with Gasteiger partial charge in [-0.1, -0.05) is 31.2 Å². The van der Waals surface area contributed by atoms with Crippen LogP contribution >= 0.6 is 11.3 Å². The van der Waals surface area contributed by atoms with Gasteiger partial charge in [-0.25, -0.2) is 4.98 Å². The zero-order valence-electron chi connectivity index (χ0n) is 13.2. The molecule has 1 heterocycles. The molecule has 3 rings (SSSR count). The molecule has 0 atom stereocenters. The van der Waals surface area contributed by atoms with Crippen LogP contribution in [-0.4, -0.2) is 10.8 Å². The minimum atomic E-state index is 0.0728. The van der Waals surface area contributed by atoms with Gasteiger partial charge in [0.25, 0.3) is 0 Å². The lowest BCUT2D eigenvalue weighted by atomic mass is 10.1. The number of Topliss-reactive ketones (excluding diaryl/α,β-unsaturated/α-hetero) is 1. The highest BCUT2D eigenvalue weighted by atomic mass is 32.1. The van der Waals surface area contributed by atoms with E-state index in [1.54, 1.807) is 18.3 Å². The number of aromatic nitrogens is 1. The predicted molar refractivity (Wildman–Crippen MR) is 96.7 cm³/mol. The van der Waals surface area contributed by atoms with E-state index in [1.807, 2.05) is 29.6 Å². The summed E-state index contributed by atoms with van der Waals surface area (Å²) in [6, 6.07) is 15.9. The van der Waals surface area contributed by atoms with Crippen LogP contribution in [0.1, 0.15) is 29.8 Å². The maximum absolute atomic E-state index is 11.3. The number of nitrogens with zero attached hydrogens (tertiary/aromatic N) is 1. The van der Waals surface area contributed by atoms with Gasteiger partial charge >= 0.3 is 0 Å². The number of hydrogen-bond acceptors (Lipinski definition) is 4. The summed E-state index contributed by atoms with van der Waals surface area (Å²) in [4.78, 5) is 15.9. The van der Waals surface area contributed by atoms with Crippen LogP contribution in [0.5, 0.6) is 0 Å². The molecule has 1 N–H and O–H groups in total. The molecule has 0 aliphatic carbocycles. The largest absolute Gasteiger partial charge is 0.332 e. The summed E-state index contributed by atoms with van der Waals surface area (Å²) >= 11 is 1.57. The molecule has 0 aliphatic heterocycles. The van der Waals surface area contributed by atoms with Crippen molar-refractivity contribution >= 4 is 27.9 Å². The van der Waals surface area contributed by atoms with E-state index >= 15 is 0 Å². The van der Waals surface area contributed by atoms with Crippen molar-refractivity contribution < 1.29 is 4.79 Å². The Morgan fingerprint density at radius 3 is 2.39 bits per heavy atom. The van der Waals surface area contributed by atoms with E-state index in [9.17, 15) is 4.79 Å². The number of nitrogens with one attached hydrogen (secondary N) is 1. The fraction of sp³-hybridized carbons (Fsp3) is 0.158. The smallest absolute Gasteiger partial charge is 0.187 e. The number of carbonyl (C=O) groups excluding carboxylic acids is 1. The average molecular weight is 322 g/mol. The third-order valence-electron chi connectivity index (χ3n) is 3.70. The van der Waals surface area contributed by atoms with Gasteiger partial charge < -0.3 is 5.32 Å². The van der Waals surface area contributed by atoms with Crippen molar-refractivity contribution in [3.8, 4) is 11.3 Å². The zero-order valence-corrected chi connectivity index (χ0v) is 14.0. The molecule has 0 fully saturated rings. The lowest BCUT2D eigenvalue weighted by Crippen LogP contribution is -1.93. The Morgan fingerprint density at radius 1 is 1.09 bits per heavy atom. The first-order chi connectivity index (χ1) is 11.2. The monoisotopic (exact) mass is 322 g/mol. The van der Waals surface area contributed by atoms with Crippen LogP contribution in [0.4, 0.5) is 10.8 Å². The average Bonchev–Trinajstić information content (AvgIpc) is 3.04. The van der Waals surface area contributed by atoms with E-state index in [0.717, 1.165) is 28.5 Å². The lowest BCUT2D eigenvalue weighted by molar-refractivity contribution is 0.101. The molecule has 0 aliphatic rings. The van der Waals surface area contributed by atoms with Crippen molar-refractivity contribution in [1.82, 2.24) is 4.98 Å². The van der Waals surface area contributed by atoms with Gasteiger partial charge in [-0.2, -0.15) is 0 Å². The van der Waals surface area contributed by atoms with Crippen LogP contribution in [0, 0.1) is 0 Å². The molecular weight excluding hydrogens is 304 g/mol. The van der Waals surface area contributed by atoms with Crippen LogP contribution in [0.15, 0.2) is 53.9 Å². The number of hydrogen-bond donors (Lipinski definition) is 1. The van der Waals surface area contributed by atoms with Gasteiger partial charge in [0.15, 0.2) is 10.9 Å². The molecule has 3 aromatic rings. The minimum Gasteiger partial charge on any atom is -0.332 e. The summed E-state index contributed by atoms with van der Waals surface area (Å²) in [5, 5.41) is 6.17. The first-order valence-corrected chi connectivity index (χ1v) is 8.46. The van der Waals surface area contributed by atoms with Crippen molar-refractivity contribution in [2.45, 2.75) is 20.3 Å². The van der Waals surface area contributed by atoms with Gasteiger partial charge in [0.05, 0.1) is 5.69 Å². The SMILES string of the molecule is CCc1ccc(-c2csc(Nc3ccc(C(C)=O)cc3)n2)cc1. The summed E-state index contributed by atoms with van der Waals surface area (Å²) in [6.07, 6.45) is 1.04. The molecule has 1 aromatic heterocycles. The molecule has 4 heteroatoms. The molecule has 0 saturated heterocycles. The van der Waals surface area contributed by atoms with E-state index in [-0.39, 0.29) is 5.78 Å². The maximum Gasteiger partial charge on any atom is 0.187 e. The number of benzene rings is 2. The van der Waals surface area contributed by atoms with Crippen molar-refractivity contribution in [3.63, 3.8) is 0 Å². The van der Waals surface area contributed by atoms with Gasteiger partial charge in [-0.3, -0.25) is 4.79 Å². The summed E-state index contributed by atoms with van der Waals surface area (Å²) in [6.45, 7) is 3.72. The van der Waals surface area contributed by atoms with E-state index in [0.29, 0.717) is 5.56 Å². The predicted octanol–water partition coefficient (Wildman–Crippen LogP) is 5.32. The van der Waals surface area contributed by atoms with E-state index in [4.69, 9.17) is 0 Å². The number of rotatable bonds is 5.